The van der Waals surface area contributed by atoms with Crippen LogP contribution in [0.5, 0.6) is 0 Å². The van der Waals surface area contributed by atoms with Crippen molar-refractivity contribution in [2.75, 3.05) is 4.90 Å². The van der Waals surface area contributed by atoms with Crippen molar-refractivity contribution < 1.29 is 0 Å². The van der Waals surface area contributed by atoms with Crippen LogP contribution >= 0.6 is 15.9 Å². The van der Waals surface area contributed by atoms with Crippen molar-refractivity contribution >= 4 is 43.8 Å². The topological polar surface area (TPSA) is 3.24 Å². The summed E-state index contributed by atoms with van der Waals surface area (Å²) in [5, 5.41) is 2.46. The van der Waals surface area contributed by atoms with Crippen LogP contribution in [0.25, 0.3) is 10.8 Å². The summed E-state index contributed by atoms with van der Waals surface area (Å²) in [7, 11) is 0. The molecular formula is C24H20BrN. The Bertz CT molecular complexity index is 1000. The van der Waals surface area contributed by atoms with Gasteiger partial charge < -0.3 is 4.90 Å². The summed E-state index contributed by atoms with van der Waals surface area (Å²) in [6.07, 6.45) is 0. The Kier molecular flexibility index (Phi) is 4.52. The van der Waals surface area contributed by atoms with Crippen LogP contribution in [-0.4, -0.2) is 0 Å². The van der Waals surface area contributed by atoms with Crippen molar-refractivity contribution in [1.82, 2.24) is 0 Å². The Morgan fingerprint density at radius 3 is 1.58 bits per heavy atom. The van der Waals surface area contributed by atoms with Gasteiger partial charge in [0.1, 0.15) is 0 Å². The summed E-state index contributed by atoms with van der Waals surface area (Å²) in [4.78, 5) is 2.31. The molecule has 0 bridgehead atoms. The van der Waals surface area contributed by atoms with Gasteiger partial charge in [0.25, 0.3) is 0 Å². The van der Waals surface area contributed by atoms with E-state index in [1.165, 1.54) is 21.9 Å². The molecule has 26 heavy (non-hydrogen) atoms. The van der Waals surface area contributed by atoms with Gasteiger partial charge >= 0.3 is 0 Å². The average Bonchev–Trinajstić information content (AvgIpc) is 2.65. The first-order valence-corrected chi connectivity index (χ1v) is 9.52. The average molecular weight is 402 g/mol. The fourth-order valence-corrected chi connectivity index (χ4v) is 3.56. The molecule has 0 amide bonds. The largest absolute Gasteiger partial charge is 0.310 e. The maximum atomic E-state index is 3.56. The van der Waals surface area contributed by atoms with Crippen molar-refractivity contribution in [3.05, 3.63) is 101 Å². The van der Waals surface area contributed by atoms with Gasteiger partial charge in [-0.3, -0.25) is 0 Å². The van der Waals surface area contributed by atoms with E-state index in [9.17, 15) is 0 Å². The maximum Gasteiger partial charge on any atom is 0.0468 e. The van der Waals surface area contributed by atoms with E-state index in [2.05, 4.69) is 120 Å². The number of rotatable bonds is 3. The van der Waals surface area contributed by atoms with Gasteiger partial charge in [0.2, 0.25) is 0 Å². The SMILES string of the molecule is Cc1ccc(N(c2ccc(C)cc2)c2ccc3cc(Br)ccc3c2)cc1. The third-order valence-corrected chi connectivity index (χ3v) is 5.12. The second-order valence-corrected chi connectivity index (χ2v) is 7.60. The monoisotopic (exact) mass is 401 g/mol. The minimum atomic E-state index is 1.10. The molecule has 0 saturated heterocycles. The van der Waals surface area contributed by atoms with Gasteiger partial charge in [-0.2, -0.15) is 0 Å². The summed E-state index contributed by atoms with van der Waals surface area (Å²) in [6.45, 7) is 4.24. The zero-order chi connectivity index (χ0) is 18.1. The molecule has 1 nitrogen and oxygen atoms in total. The molecule has 0 aliphatic heterocycles. The highest BCUT2D eigenvalue weighted by Gasteiger charge is 2.12. The molecule has 0 aliphatic carbocycles. The van der Waals surface area contributed by atoms with Crippen LogP contribution in [0.1, 0.15) is 11.1 Å². The Hall–Kier alpha value is -2.58. The molecule has 0 saturated carbocycles. The zero-order valence-electron chi connectivity index (χ0n) is 14.9. The van der Waals surface area contributed by atoms with E-state index < -0.39 is 0 Å². The van der Waals surface area contributed by atoms with E-state index in [0.29, 0.717) is 0 Å². The summed E-state index contributed by atoms with van der Waals surface area (Å²) in [6, 6.07) is 30.4. The van der Waals surface area contributed by atoms with Crippen LogP contribution in [0.4, 0.5) is 17.1 Å². The molecule has 128 valence electrons. The van der Waals surface area contributed by atoms with Gasteiger partial charge in [-0.05, 0) is 73.2 Å². The Morgan fingerprint density at radius 2 is 1.00 bits per heavy atom. The number of fused-ring (bicyclic) bond motifs is 1. The highest BCUT2D eigenvalue weighted by molar-refractivity contribution is 9.10. The predicted molar refractivity (Wildman–Crippen MR) is 116 cm³/mol. The van der Waals surface area contributed by atoms with Crippen LogP contribution in [0, 0.1) is 13.8 Å². The van der Waals surface area contributed by atoms with Crippen LogP contribution in [0.15, 0.2) is 89.4 Å². The lowest BCUT2D eigenvalue weighted by molar-refractivity contribution is 1.27. The number of anilines is 3. The summed E-state index contributed by atoms with van der Waals surface area (Å²) < 4.78 is 1.10. The van der Waals surface area contributed by atoms with Crippen molar-refractivity contribution in [1.29, 1.82) is 0 Å². The molecular weight excluding hydrogens is 382 g/mol. The minimum Gasteiger partial charge on any atom is -0.310 e. The first kappa shape index (κ1) is 16.9. The standard InChI is InChI=1S/C24H20BrN/c1-17-3-10-22(11-4-17)26(23-12-5-18(2)6-13-23)24-14-8-19-15-21(25)9-7-20(19)16-24/h3-16H,1-2H3. The van der Waals surface area contributed by atoms with Crippen LogP contribution in [0.2, 0.25) is 0 Å². The van der Waals surface area contributed by atoms with E-state index in [4.69, 9.17) is 0 Å². The number of benzene rings is 4. The van der Waals surface area contributed by atoms with Crippen molar-refractivity contribution in [2.24, 2.45) is 0 Å². The van der Waals surface area contributed by atoms with Gasteiger partial charge in [0.15, 0.2) is 0 Å². The van der Waals surface area contributed by atoms with Crippen LogP contribution in [-0.2, 0) is 0 Å². The van der Waals surface area contributed by atoms with Gasteiger partial charge in [0.05, 0.1) is 0 Å². The molecule has 0 spiro atoms. The highest BCUT2D eigenvalue weighted by atomic mass is 79.9. The molecule has 0 aliphatic rings. The molecule has 2 heteroatoms. The first-order chi connectivity index (χ1) is 12.6. The molecule has 0 atom stereocenters. The Morgan fingerprint density at radius 1 is 0.538 bits per heavy atom. The van der Waals surface area contributed by atoms with Crippen molar-refractivity contribution in [3.63, 3.8) is 0 Å². The maximum absolute atomic E-state index is 3.56. The van der Waals surface area contributed by atoms with Gasteiger partial charge in [-0.15, -0.1) is 0 Å². The fourth-order valence-electron chi connectivity index (χ4n) is 3.18. The van der Waals surface area contributed by atoms with Crippen molar-refractivity contribution in [2.45, 2.75) is 13.8 Å². The second-order valence-electron chi connectivity index (χ2n) is 6.68. The number of hydrogen-bond acceptors (Lipinski definition) is 1. The van der Waals surface area contributed by atoms with Gasteiger partial charge in [-0.1, -0.05) is 63.5 Å². The summed E-state index contributed by atoms with van der Waals surface area (Å²) in [5.41, 5.74) is 6.02. The fraction of sp³-hybridized carbons (Fsp3) is 0.0833. The minimum absolute atomic E-state index is 1.10. The van der Waals surface area contributed by atoms with Crippen molar-refractivity contribution in [3.8, 4) is 0 Å². The third kappa shape index (κ3) is 3.38. The van der Waals surface area contributed by atoms with E-state index in [1.807, 2.05) is 0 Å². The molecule has 0 N–H and O–H groups in total. The number of aryl methyl sites for hydroxylation is 2. The van der Waals surface area contributed by atoms with E-state index in [-0.39, 0.29) is 0 Å². The highest BCUT2D eigenvalue weighted by Crippen LogP contribution is 2.36. The normalized spacial score (nSPS) is 10.9. The quantitative estimate of drug-likeness (QED) is 0.340. The molecule has 0 heterocycles. The molecule has 4 rings (SSSR count). The molecule has 0 fully saturated rings. The molecule has 0 unspecified atom stereocenters. The van der Waals surface area contributed by atoms with Gasteiger partial charge in [0, 0.05) is 21.5 Å². The summed E-state index contributed by atoms with van der Waals surface area (Å²) >= 11 is 3.56. The third-order valence-electron chi connectivity index (χ3n) is 4.63. The van der Waals surface area contributed by atoms with Crippen LogP contribution in [0.3, 0.4) is 0 Å². The number of nitrogens with zero attached hydrogens (tertiary/aromatic N) is 1. The van der Waals surface area contributed by atoms with E-state index in [0.717, 1.165) is 21.5 Å². The molecule has 4 aromatic carbocycles. The molecule has 0 aromatic heterocycles. The Labute approximate surface area is 163 Å². The predicted octanol–water partition coefficient (Wildman–Crippen LogP) is 7.69. The smallest absolute Gasteiger partial charge is 0.0468 e. The van der Waals surface area contributed by atoms with E-state index in [1.54, 1.807) is 0 Å². The first-order valence-electron chi connectivity index (χ1n) is 8.73. The number of hydrogen-bond donors (Lipinski definition) is 0. The van der Waals surface area contributed by atoms with Crippen LogP contribution < -0.4 is 4.90 Å². The lowest BCUT2D eigenvalue weighted by Crippen LogP contribution is -2.09. The second kappa shape index (κ2) is 6.97. The molecule has 4 aromatic rings. The van der Waals surface area contributed by atoms with Gasteiger partial charge in [-0.25, -0.2) is 0 Å². The summed E-state index contributed by atoms with van der Waals surface area (Å²) in [5.74, 6) is 0. The Balaban J connectivity index is 1.88. The van der Waals surface area contributed by atoms with E-state index >= 15 is 0 Å². The lowest BCUT2D eigenvalue weighted by atomic mass is 10.1. The number of halogens is 1. The lowest BCUT2D eigenvalue weighted by Gasteiger charge is -2.26. The molecule has 0 radical (unpaired) electrons. The zero-order valence-corrected chi connectivity index (χ0v) is 16.5.